The maximum absolute atomic E-state index is 13.0. The third-order valence-electron chi connectivity index (χ3n) is 4.50. The van der Waals surface area contributed by atoms with Gasteiger partial charge in [-0.1, -0.05) is 15.9 Å². The molecule has 1 aliphatic rings. The van der Waals surface area contributed by atoms with E-state index in [9.17, 15) is 4.79 Å². The summed E-state index contributed by atoms with van der Waals surface area (Å²) in [6, 6.07) is 11.3. The summed E-state index contributed by atoms with van der Waals surface area (Å²) < 4.78 is 17.7. The summed E-state index contributed by atoms with van der Waals surface area (Å²) >= 11 is 3.44. The Morgan fingerprint density at radius 2 is 2.16 bits per heavy atom. The molecule has 3 aromatic rings. The highest BCUT2D eigenvalue weighted by molar-refractivity contribution is 9.10. The molecule has 0 bridgehead atoms. The van der Waals surface area contributed by atoms with Crippen molar-refractivity contribution in [3.63, 3.8) is 0 Å². The summed E-state index contributed by atoms with van der Waals surface area (Å²) in [5, 5.41) is 0.911. The van der Waals surface area contributed by atoms with Crippen LogP contribution in [0.15, 0.2) is 49.7 Å². The first-order chi connectivity index (χ1) is 12.2. The molecule has 2 aromatic heterocycles. The number of benzene rings is 1. The maximum atomic E-state index is 13.0. The zero-order chi connectivity index (χ0) is 17.4. The van der Waals surface area contributed by atoms with Gasteiger partial charge >= 0.3 is 0 Å². The third kappa shape index (κ3) is 3.12. The second-order valence-electron chi connectivity index (χ2n) is 6.19. The van der Waals surface area contributed by atoms with Gasteiger partial charge < -0.3 is 18.5 Å². The standard InChI is InChI=1S/C19H18BrNO4/c1-23-11-14-5-7-17(24-14)15-3-2-8-21(15)19(22)18-10-12-9-13(20)4-6-16(12)25-18/h4-7,9-10,15H,2-3,8,11H2,1H3/t15-/m0/s1. The lowest BCUT2D eigenvalue weighted by Gasteiger charge is -2.22. The summed E-state index contributed by atoms with van der Waals surface area (Å²) in [4.78, 5) is 14.8. The van der Waals surface area contributed by atoms with E-state index in [1.165, 1.54) is 0 Å². The molecule has 0 spiro atoms. The number of furan rings is 2. The Morgan fingerprint density at radius 1 is 1.28 bits per heavy atom. The van der Waals surface area contributed by atoms with Gasteiger partial charge in [-0.25, -0.2) is 0 Å². The highest BCUT2D eigenvalue weighted by Gasteiger charge is 2.34. The molecular weight excluding hydrogens is 386 g/mol. The predicted octanol–water partition coefficient (Wildman–Crippen LogP) is 4.91. The van der Waals surface area contributed by atoms with E-state index in [4.69, 9.17) is 13.6 Å². The molecule has 4 rings (SSSR count). The van der Waals surface area contributed by atoms with Crippen LogP contribution >= 0.6 is 15.9 Å². The van der Waals surface area contributed by atoms with Gasteiger partial charge in [0.05, 0.1) is 6.04 Å². The summed E-state index contributed by atoms with van der Waals surface area (Å²) in [6.45, 7) is 1.13. The van der Waals surface area contributed by atoms with Crippen molar-refractivity contribution in [2.24, 2.45) is 0 Å². The molecule has 6 heteroatoms. The van der Waals surface area contributed by atoms with Gasteiger partial charge in [-0.3, -0.25) is 4.79 Å². The molecule has 1 aliphatic heterocycles. The number of halogens is 1. The maximum Gasteiger partial charge on any atom is 0.290 e. The van der Waals surface area contributed by atoms with Crippen LogP contribution in [0, 0.1) is 0 Å². The molecule has 1 amide bonds. The molecule has 1 atom stereocenters. The van der Waals surface area contributed by atoms with Crippen LogP contribution in [0.5, 0.6) is 0 Å². The number of hydrogen-bond acceptors (Lipinski definition) is 4. The molecular formula is C19H18BrNO4. The topological polar surface area (TPSA) is 55.8 Å². The first kappa shape index (κ1) is 16.4. The van der Waals surface area contributed by atoms with E-state index in [1.54, 1.807) is 13.2 Å². The van der Waals surface area contributed by atoms with Gasteiger partial charge in [-0.05, 0) is 49.2 Å². The fourth-order valence-electron chi connectivity index (χ4n) is 3.36. The van der Waals surface area contributed by atoms with Gasteiger partial charge in [-0.15, -0.1) is 0 Å². The van der Waals surface area contributed by atoms with Crippen molar-refractivity contribution in [3.8, 4) is 0 Å². The van der Waals surface area contributed by atoms with E-state index in [1.807, 2.05) is 35.2 Å². The SMILES string of the molecule is COCc1ccc([C@@H]2CCCN2C(=O)c2cc3cc(Br)ccc3o2)o1. The van der Waals surface area contributed by atoms with E-state index in [0.29, 0.717) is 24.5 Å². The van der Waals surface area contributed by atoms with Crippen molar-refractivity contribution in [1.82, 2.24) is 4.90 Å². The number of fused-ring (bicyclic) bond motifs is 1. The Bertz CT molecular complexity index is 913. The van der Waals surface area contributed by atoms with Crippen molar-refractivity contribution in [2.75, 3.05) is 13.7 Å². The van der Waals surface area contributed by atoms with Crippen LogP contribution in [0.1, 0.15) is 41.0 Å². The fraction of sp³-hybridized carbons (Fsp3) is 0.316. The van der Waals surface area contributed by atoms with Crippen molar-refractivity contribution in [2.45, 2.75) is 25.5 Å². The predicted molar refractivity (Wildman–Crippen MR) is 96.3 cm³/mol. The monoisotopic (exact) mass is 403 g/mol. The lowest BCUT2D eigenvalue weighted by Crippen LogP contribution is -2.30. The minimum atomic E-state index is -0.0977. The summed E-state index contributed by atoms with van der Waals surface area (Å²) in [5.74, 6) is 1.84. The molecule has 1 aromatic carbocycles. The number of likely N-dealkylation sites (tertiary alicyclic amines) is 1. The summed E-state index contributed by atoms with van der Waals surface area (Å²) in [7, 11) is 1.63. The number of amides is 1. The Hall–Kier alpha value is -2.05. The molecule has 130 valence electrons. The zero-order valence-electron chi connectivity index (χ0n) is 13.8. The average Bonchev–Trinajstić information content (AvgIpc) is 3.32. The van der Waals surface area contributed by atoms with Crippen LogP contribution in [0.4, 0.5) is 0 Å². The van der Waals surface area contributed by atoms with Crippen LogP contribution < -0.4 is 0 Å². The van der Waals surface area contributed by atoms with Crippen molar-refractivity contribution >= 4 is 32.8 Å². The van der Waals surface area contributed by atoms with Gasteiger partial charge in [0, 0.05) is 23.5 Å². The molecule has 1 saturated heterocycles. The quantitative estimate of drug-likeness (QED) is 0.620. The minimum Gasteiger partial charge on any atom is -0.461 e. The Morgan fingerprint density at radius 3 is 3.00 bits per heavy atom. The molecule has 0 aliphatic carbocycles. The molecule has 0 unspecified atom stereocenters. The van der Waals surface area contributed by atoms with Gasteiger partial charge in [0.15, 0.2) is 5.76 Å². The van der Waals surface area contributed by atoms with Crippen LogP contribution in [0.3, 0.4) is 0 Å². The first-order valence-corrected chi connectivity index (χ1v) is 9.02. The number of nitrogens with zero attached hydrogens (tertiary/aromatic N) is 1. The average molecular weight is 404 g/mol. The second-order valence-corrected chi connectivity index (χ2v) is 7.10. The van der Waals surface area contributed by atoms with Gasteiger partial charge in [0.1, 0.15) is 23.7 Å². The molecule has 3 heterocycles. The Labute approximate surface area is 153 Å². The van der Waals surface area contributed by atoms with E-state index in [0.717, 1.165) is 34.2 Å². The molecule has 5 nitrogen and oxygen atoms in total. The smallest absolute Gasteiger partial charge is 0.290 e. The highest BCUT2D eigenvalue weighted by atomic mass is 79.9. The molecule has 0 radical (unpaired) electrons. The molecule has 0 saturated carbocycles. The number of carbonyl (C=O) groups is 1. The minimum absolute atomic E-state index is 0.0574. The van der Waals surface area contributed by atoms with Crippen molar-refractivity contribution in [1.29, 1.82) is 0 Å². The van der Waals surface area contributed by atoms with E-state index in [2.05, 4.69) is 15.9 Å². The first-order valence-electron chi connectivity index (χ1n) is 8.23. The molecule has 25 heavy (non-hydrogen) atoms. The zero-order valence-corrected chi connectivity index (χ0v) is 15.4. The Balaban J connectivity index is 1.60. The van der Waals surface area contributed by atoms with Crippen molar-refractivity contribution in [3.05, 3.63) is 58.2 Å². The number of ether oxygens (including phenoxy) is 1. The number of hydrogen-bond donors (Lipinski definition) is 0. The second kappa shape index (κ2) is 6.69. The summed E-state index contributed by atoms with van der Waals surface area (Å²) in [5.41, 5.74) is 0.711. The van der Waals surface area contributed by atoms with Gasteiger partial charge in [0.25, 0.3) is 5.91 Å². The molecule has 1 fully saturated rings. The largest absolute Gasteiger partial charge is 0.461 e. The van der Waals surface area contributed by atoms with E-state index < -0.39 is 0 Å². The van der Waals surface area contributed by atoms with Crippen molar-refractivity contribution < 1.29 is 18.4 Å². The van der Waals surface area contributed by atoms with E-state index >= 15 is 0 Å². The summed E-state index contributed by atoms with van der Waals surface area (Å²) in [6.07, 6.45) is 1.83. The number of rotatable bonds is 4. The van der Waals surface area contributed by atoms with Gasteiger partial charge in [-0.2, -0.15) is 0 Å². The van der Waals surface area contributed by atoms with Gasteiger partial charge in [0.2, 0.25) is 0 Å². The number of methoxy groups -OCH3 is 1. The fourth-order valence-corrected chi connectivity index (χ4v) is 3.74. The lowest BCUT2D eigenvalue weighted by molar-refractivity contribution is 0.0686. The van der Waals surface area contributed by atoms with Crippen LogP contribution in [-0.4, -0.2) is 24.5 Å². The Kier molecular flexibility index (Phi) is 4.39. The number of carbonyl (C=O) groups excluding carboxylic acids is 1. The van der Waals surface area contributed by atoms with Crippen LogP contribution in [0.25, 0.3) is 11.0 Å². The third-order valence-corrected chi connectivity index (χ3v) is 4.99. The van der Waals surface area contributed by atoms with Crippen LogP contribution in [-0.2, 0) is 11.3 Å². The normalized spacial score (nSPS) is 17.5. The van der Waals surface area contributed by atoms with Crippen LogP contribution in [0.2, 0.25) is 0 Å². The highest BCUT2D eigenvalue weighted by Crippen LogP contribution is 2.35. The lowest BCUT2D eigenvalue weighted by atomic mass is 10.1. The molecule has 0 N–H and O–H groups in total. The van der Waals surface area contributed by atoms with E-state index in [-0.39, 0.29) is 11.9 Å².